The van der Waals surface area contributed by atoms with Crippen LogP contribution in [-0.4, -0.2) is 16.7 Å². The largest absolute Gasteiger partial charge is 0.282 e. The van der Waals surface area contributed by atoms with Crippen LogP contribution in [0.15, 0.2) is 88.2 Å². The second kappa shape index (κ2) is 7.29. The number of aryl methyl sites for hydroxylation is 1. The molecule has 0 saturated heterocycles. The van der Waals surface area contributed by atoms with Crippen LogP contribution in [0.25, 0.3) is 6.08 Å². The topological polar surface area (TPSA) is 45.6 Å². The molecule has 5 heteroatoms. The first-order valence-electron chi connectivity index (χ1n) is 8.50. The minimum absolute atomic E-state index is 0.150. The molecular weight excluding hydrogens is 402 g/mol. The van der Waals surface area contributed by atoms with Gasteiger partial charge in [-0.2, -0.15) is 0 Å². The molecule has 1 amide bonds. The van der Waals surface area contributed by atoms with Gasteiger partial charge in [-0.3, -0.25) is 14.7 Å². The van der Waals surface area contributed by atoms with E-state index in [2.05, 4.69) is 25.9 Å². The zero-order valence-electron chi connectivity index (χ0n) is 14.6. The predicted molar refractivity (Wildman–Crippen MR) is 112 cm³/mol. The number of carbonyl (C=O) groups is 1. The SMILES string of the molecule is Cc1cccc(N2C(=O)/C(=C\c3ccncc3)N=C2c2ccccc2Br)c1. The van der Waals surface area contributed by atoms with Gasteiger partial charge >= 0.3 is 0 Å². The van der Waals surface area contributed by atoms with Gasteiger partial charge in [0.1, 0.15) is 11.5 Å². The van der Waals surface area contributed by atoms with Crippen LogP contribution in [0.5, 0.6) is 0 Å². The van der Waals surface area contributed by atoms with E-state index in [1.54, 1.807) is 23.4 Å². The van der Waals surface area contributed by atoms with Crippen molar-refractivity contribution in [3.05, 3.63) is 99.9 Å². The van der Waals surface area contributed by atoms with Gasteiger partial charge in [-0.15, -0.1) is 0 Å². The van der Waals surface area contributed by atoms with Crippen LogP contribution in [0.2, 0.25) is 0 Å². The fourth-order valence-corrected chi connectivity index (χ4v) is 3.43. The number of aromatic nitrogens is 1. The second-order valence-corrected chi connectivity index (χ2v) is 7.06. The van der Waals surface area contributed by atoms with Crippen LogP contribution in [-0.2, 0) is 4.79 Å². The third-order valence-corrected chi connectivity index (χ3v) is 4.94. The highest BCUT2D eigenvalue weighted by molar-refractivity contribution is 9.10. The van der Waals surface area contributed by atoms with Crippen LogP contribution >= 0.6 is 15.9 Å². The van der Waals surface area contributed by atoms with Gasteiger partial charge in [0.05, 0.1) is 5.69 Å². The van der Waals surface area contributed by atoms with Gasteiger partial charge < -0.3 is 0 Å². The first kappa shape index (κ1) is 17.4. The molecule has 1 aliphatic heterocycles. The zero-order valence-corrected chi connectivity index (χ0v) is 16.2. The molecule has 4 nitrogen and oxygen atoms in total. The first-order valence-corrected chi connectivity index (χ1v) is 9.29. The van der Waals surface area contributed by atoms with Gasteiger partial charge in [0, 0.05) is 22.4 Å². The summed E-state index contributed by atoms with van der Waals surface area (Å²) in [5.41, 5.74) is 4.03. The number of benzene rings is 2. The Hall–Kier alpha value is -3.05. The number of rotatable bonds is 3. The van der Waals surface area contributed by atoms with Gasteiger partial charge in [-0.05, 0) is 54.5 Å². The number of carbonyl (C=O) groups excluding carboxylic acids is 1. The summed E-state index contributed by atoms with van der Waals surface area (Å²) >= 11 is 3.58. The maximum absolute atomic E-state index is 13.2. The van der Waals surface area contributed by atoms with E-state index < -0.39 is 0 Å². The number of hydrogen-bond donors (Lipinski definition) is 0. The zero-order chi connectivity index (χ0) is 18.8. The van der Waals surface area contributed by atoms with Crippen molar-refractivity contribution in [1.82, 2.24) is 4.98 Å². The Bertz CT molecular complexity index is 1070. The number of pyridine rings is 1. The number of hydrogen-bond acceptors (Lipinski definition) is 3. The van der Waals surface area contributed by atoms with Crippen LogP contribution in [0.1, 0.15) is 16.7 Å². The molecule has 2 aromatic carbocycles. The van der Waals surface area contributed by atoms with Crippen LogP contribution in [0.4, 0.5) is 5.69 Å². The summed E-state index contributed by atoms with van der Waals surface area (Å²) in [4.78, 5) is 23.6. The third-order valence-electron chi connectivity index (χ3n) is 4.24. The Balaban J connectivity index is 1.87. The fourth-order valence-electron chi connectivity index (χ4n) is 2.96. The summed E-state index contributed by atoms with van der Waals surface area (Å²) in [5.74, 6) is 0.460. The molecule has 0 bridgehead atoms. The molecule has 0 saturated carbocycles. The summed E-state index contributed by atoms with van der Waals surface area (Å²) in [7, 11) is 0. The molecule has 0 fully saturated rings. The monoisotopic (exact) mass is 417 g/mol. The quantitative estimate of drug-likeness (QED) is 0.563. The van der Waals surface area contributed by atoms with Crippen molar-refractivity contribution in [2.75, 3.05) is 4.90 Å². The number of aliphatic imine (C=N–C) groups is 1. The van der Waals surface area contributed by atoms with Crippen LogP contribution in [0, 0.1) is 6.92 Å². The minimum atomic E-state index is -0.150. The van der Waals surface area contributed by atoms with Crippen molar-refractivity contribution in [3.8, 4) is 0 Å². The Morgan fingerprint density at radius 3 is 2.52 bits per heavy atom. The van der Waals surface area contributed by atoms with E-state index >= 15 is 0 Å². The predicted octanol–water partition coefficient (Wildman–Crippen LogP) is 4.99. The third kappa shape index (κ3) is 3.46. The van der Waals surface area contributed by atoms with E-state index in [9.17, 15) is 4.79 Å². The molecular formula is C22H16BrN3O. The summed E-state index contributed by atoms with van der Waals surface area (Å²) < 4.78 is 0.888. The number of amidine groups is 1. The van der Waals surface area contributed by atoms with Gasteiger partial charge in [0.15, 0.2) is 0 Å². The number of halogens is 1. The van der Waals surface area contributed by atoms with E-state index in [0.29, 0.717) is 11.5 Å². The van der Waals surface area contributed by atoms with Crippen LogP contribution in [0.3, 0.4) is 0 Å². The van der Waals surface area contributed by atoms with E-state index in [-0.39, 0.29) is 5.91 Å². The van der Waals surface area contributed by atoms with Crippen molar-refractivity contribution in [3.63, 3.8) is 0 Å². The lowest BCUT2D eigenvalue weighted by Crippen LogP contribution is -2.32. The lowest BCUT2D eigenvalue weighted by Gasteiger charge is -2.19. The lowest BCUT2D eigenvalue weighted by molar-refractivity contribution is -0.113. The molecule has 2 heterocycles. The maximum Gasteiger partial charge on any atom is 0.282 e. The highest BCUT2D eigenvalue weighted by atomic mass is 79.9. The molecule has 0 N–H and O–H groups in total. The van der Waals surface area contributed by atoms with Crippen molar-refractivity contribution < 1.29 is 4.79 Å². The van der Waals surface area contributed by atoms with Gasteiger partial charge in [0.2, 0.25) is 0 Å². The molecule has 4 rings (SSSR count). The number of nitrogens with zero attached hydrogens (tertiary/aromatic N) is 3. The van der Waals surface area contributed by atoms with Crippen molar-refractivity contribution in [2.24, 2.45) is 4.99 Å². The Kier molecular flexibility index (Phi) is 4.69. The molecule has 27 heavy (non-hydrogen) atoms. The molecule has 0 spiro atoms. The van der Waals surface area contributed by atoms with Crippen LogP contribution < -0.4 is 4.90 Å². The number of amides is 1. The lowest BCUT2D eigenvalue weighted by atomic mass is 10.1. The molecule has 1 aliphatic rings. The van der Waals surface area contributed by atoms with Crippen molar-refractivity contribution in [2.45, 2.75) is 6.92 Å². The van der Waals surface area contributed by atoms with E-state index in [4.69, 9.17) is 0 Å². The normalized spacial score (nSPS) is 15.3. The standard InChI is InChI=1S/C22H16BrN3O/c1-15-5-4-6-17(13-15)26-21(18-7-2-3-8-19(18)23)25-20(22(26)27)14-16-9-11-24-12-10-16/h2-14H,1H3/b20-14+. The van der Waals surface area contributed by atoms with Gasteiger partial charge in [-0.25, -0.2) is 4.99 Å². The average molecular weight is 418 g/mol. The summed E-state index contributed by atoms with van der Waals surface area (Å²) in [6, 6.07) is 19.3. The van der Waals surface area contributed by atoms with Gasteiger partial charge in [0.25, 0.3) is 5.91 Å². The molecule has 0 atom stereocenters. The molecule has 0 aliphatic carbocycles. The summed E-state index contributed by atoms with van der Waals surface area (Å²) in [6.45, 7) is 2.01. The average Bonchev–Trinajstić information content (AvgIpc) is 2.99. The fraction of sp³-hybridized carbons (Fsp3) is 0.0455. The second-order valence-electron chi connectivity index (χ2n) is 6.20. The van der Waals surface area contributed by atoms with E-state index in [1.807, 2.05) is 67.6 Å². The van der Waals surface area contributed by atoms with Crippen molar-refractivity contribution in [1.29, 1.82) is 0 Å². The first-order chi connectivity index (χ1) is 13.1. The maximum atomic E-state index is 13.2. The Morgan fingerprint density at radius 1 is 1.00 bits per heavy atom. The summed E-state index contributed by atoms with van der Waals surface area (Å²) in [6.07, 6.45) is 5.18. The van der Waals surface area contributed by atoms with Crippen molar-refractivity contribution >= 4 is 39.4 Å². The molecule has 3 aromatic rings. The smallest absolute Gasteiger partial charge is 0.266 e. The minimum Gasteiger partial charge on any atom is -0.266 e. The van der Waals surface area contributed by atoms with Gasteiger partial charge in [-0.1, -0.05) is 46.3 Å². The highest BCUT2D eigenvalue weighted by Crippen LogP contribution is 2.30. The van der Waals surface area contributed by atoms with E-state index in [0.717, 1.165) is 26.9 Å². The molecule has 1 aromatic heterocycles. The summed E-state index contributed by atoms with van der Waals surface area (Å²) in [5, 5.41) is 0. The molecule has 132 valence electrons. The number of anilines is 1. The molecule has 0 radical (unpaired) electrons. The highest BCUT2D eigenvalue weighted by Gasteiger charge is 2.33. The Morgan fingerprint density at radius 2 is 1.78 bits per heavy atom. The Labute approximate surface area is 166 Å². The molecule has 0 unspecified atom stereocenters. The van der Waals surface area contributed by atoms with E-state index in [1.165, 1.54) is 0 Å².